The molecule has 0 radical (unpaired) electrons. The summed E-state index contributed by atoms with van der Waals surface area (Å²) in [6.45, 7) is 0. The molecule has 1 atom stereocenters. The van der Waals surface area contributed by atoms with E-state index in [1.54, 1.807) is 24.7 Å². The molecule has 6 heteroatoms. The maximum absolute atomic E-state index is 13.7. The van der Waals surface area contributed by atoms with Crippen LogP contribution in [-0.2, 0) is 13.5 Å². The third-order valence-electron chi connectivity index (χ3n) is 2.85. The predicted molar refractivity (Wildman–Crippen MR) is 68.4 cm³/mol. The molecule has 3 N–H and O–H groups in total. The monoisotopic (exact) mass is 268 g/mol. The standard InChI is InChI=1S/C12H14ClFN4/c1-18-7-16-6-12(18)11(17-15)4-8-2-3-9(13)5-10(8)14/h2-3,5-7,11,17H,4,15H2,1H3. The van der Waals surface area contributed by atoms with Gasteiger partial charge < -0.3 is 4.57 Å². The highest BCUT2D eigenvalue weighted by atomic mass is 35.5. The third-order valence-corrected chi connectivity index (χ3v) is 3.09. The lowest BCUT2D eigenvalue weighted by Crippen LogP contribution is -2.31. The Balaban J connectivity index is 2.23. The Morgan fingerprint density at radius 2 is 2.33 bits per heavy atom. The number of halogens is 2. The first-order chi connectivity index (χ1) is 8.61. The zero-order valence-corrected chi connectivity index (χ0v) is 10.7. The number of hydrazine groups is 1. The molecule has 1 unspecified atom stereocenters. The zero-order valence-electron chi connectivity index (χ0n) is 9.90. The number of imidazole rings is 1. The number of nitrogens with one attached hydrogen (secondary N) is 1. The van der Waals surface area contributed by atoms with Crippen molar-refractivity contribution in [2.45, 2.75) is 12.5 Å². The van der Waals surface area contributed by atoms with E-state index >= 15 is 0 Å². The van der Waals surface area contributed by atoms with Gasteiger partial charge in [0, 0.05) is 18.3 Å². The summed E-state index contributed by atoms with van der Waals surface area (Å²) in [5, 5.41) is 0.383. The van der Waals surface area contributed by atoms with Crippen molar-refractivity contribution in [1.82, 2.24) is 15.0 Å². The van der Waals surface area contributed by atoms with Gasteiger partial charge in [-0.3, -0.25) is 11.3 Å². The number of nitrogens with two attached hydrogens (primary N) is 1. The van der Waals surface area contributed by atoms with Crippen molar-refractivity contribution in [2.75, 3.05) is 0 Å². The minimum atomic E-state index is -0.329. The molecular weight excluding hydrogens is 255 g/mol. The van der Waals surface area contributed by atoms with Crippen molar-refractivity contribution in [2.24, 2.45) is 12.9 Å². The molecule has 0 aliphatic heterocycles. The number of hydrogen-bond donors (Lipinski definition) is 2. The van der Waals surface area contributed by atoms with Gasteiger partial charge in [0.25, 0.3) is 0 Å². The Hall–Kier alpha value is -1.43. The quantitative estimate of drug-likeness (QED) is 0.658. The second-order valence-corrected chi connectivity index (χ2v) is 4.52. The van der Waals surface area contributed by atoms with Gasteiger partial charge in [0.2, 0.25) is 0 Å². The lowest BCUT2D eigenvalue weighted by Gasteiger charge is -2.16. The molecule has 0 aliphatic carbocycles. The lowest BCUT2D eigenvalue weighted by molar-refractivity contribution is 0.506. The van der Waals surface area contributed by atoms with Crippen LogP contribution in [-0.4, -0.2) is 9.55 Å². The maximum Gasteiger partial charge on any atom is 0.127 e. The van der Waals surface area contributed by atoms with Gasteiger partial charge >= 0.3 is 0 Å². The van der Waals surface area contributed by atoms with Crippen LogP contribution in [0.3, 0.4) is 0 Å². The molecule has 96 valence electrons. The zero-order chi connectivity index (χ0) is 13.1. The van der Waals surface area contributed by atoms with Crippen LogP contribution >= 0.6 is 11.6 Å². The lowest BCUT2D eigenvalue weighted by atomic mass is 10.0. The summed E-state index contributed by atoms with van der Waals surface area (Å²) in [6, 6.07) is 4.43. The summed E-state index contributed by atoms with van der Waals surface area (Å²) in [5.41, 5.74) is 4.13. The number of hydrogen-bond acceptors (Lipinski definition) is 3. The van der Waals surface area contributed by atoms with Gasteiger partial charge in [0.15, 0.2) is 0 Å². The van der Waals surface area contributed by atoms with Gasteiger partial charge in [0.05, 0.1) is 18.1 Å². The van der Waals surface area contributed by atoms with E-state index in [1.165, 1.54) is 6.07 Å². The van der Waals surface area contributed by atoms with E-state index in [1.807, 2.05) is 11.6 Å². The molecule has 0 saturated carbocycles. The van der Waals surface area contributed by atoms with E-state index in [0.717, 1.165) is 5.69 Å². The molecule has 2 rings (SSSR count). The normalized spacial score (nSPS) is 12.7. The smallest absolute Gasteiger partial charge is 0.127 e. The van der Waals surface area contributed by atoms with Crippen LogP contribution in [0.2, 0.25) is 5.02 Å². The molecule has 0 spiro atoms. The Morgan fingerprint density at radius 1 is 1.56 bits per heavy atom. The Morgan fingerprint density at radius 3 is 2.89 bits per heavy atom. The molecule has 4 nitrogen and oxygen atoms in total. The molecule has 0 fully saturated rings. The van der Waals surface area contributed by atoms with Crippen molar-refractivity contribution in [3.05, 3.63) is 52.8 Å². The summed E-state index contributed by atoms with van der Waals surface area (Å²) in [4.78, 5) is 4.02. The van der Waals surface area contributed by atoms with Crippen molar-refractivity contribution in [3.63, 3.8) is 0 Å². The van der Waals surface area contributed by atoms with Crippen molar-refractivity contribution in [3.8, 4) is 0 Å². The summed E-state index contributed by atoms with van der Waals surface area (Å²) in [5.74, 6) is 5.19. The van der Waals surface area contributed by atoms with E-state index in [2.05, 4.69) is 10.4 Å². The highest BCUT2D eigenvalue weighted by molar-refractivity contribution is 6.30. The predicted octanol–water partition coefficient (Wildman–Crippen LogP) is 1.96. The van der Waals surface area contributed by atoms with Gasteiger partial charge in [-0.15, -0.1) is 0 Å². The Bertz CT molecular complexity index is 541. The summed E-state index contributed by atoms with van der Waals surface area (Å²) in [6.07, 6.45) is 3.81. The van der Waals surface area contributed by atoms with Crippen LogP contribution in [0.1, 0.15) is 17.3 Å². The van der Waals surface area contributed by atoms with E-state index in [9.17, 15) is 4.39 Å². The Labute approximate surface area is 110 Å². The molecule has 1 aromatic heterocycles. The van der Waals surface area contributed by atoms with Crippen LogP contribution < -0.4 is 11.3 Å². The van der Waals surface area contributed by atoms with Crippen molar-refractivity contribution < 1.29 is 4.39 Å². The highest BCUT2D eigenvalue weighted by Gasteiger charge is 2.16. The van der Waals surface area contributed by atoms with E-state index < -0.39 is 0 Å². The molecule has 0 saturated heterocycles. The molecule has 0 aliphatic rings. The third kappa shape index (κ3) is 2.69. The maximum atomic E-state index is 13.7. The second kappa shape index (κ2) is 5.48. The minimum Gasteiger partial charge on any atom is -0.336 e. The summed E-state index contributed by atoms with van der Waals surface area (Å²) < 4.78 is 15.6. The average Bonchev–Trinajstić information content (AvgIpc) is 2.75. The van der Waals surface area contributed by atoms with Crippen molar-refractivity contribution >= 4 is 11.6 Å². The van der Waals surface area contributed by atoms with Gasteiger partial charge in [0.1, 0.15) is 5.82 Å². The second-order valence-electron chi connectivity index (χ2n) is 4.09. The van der Waals surface area contributed by atoms with Crippen LogP contribution in [0.25, 0.3) is 0 Å². The van der Waals surface area contributed by atoms with Crippen LogP contribution in [0.4, 0.5) is 4.39 Å². The minimum absolute atomic E-state index is 0.201. The fourth-order valence-electron chi connectivity index (χ4n) is 1.86. The highest BCUT2D eigenvalue weighted by Crippen LogP contribution is 2.21. The number of nitrogens with zero attached hydrogens (tertiary/aromatic N) is 2. The van der Waals surface area contributed by atoms with E-state index in [4.69, 9.17) is 17.4 Å². The molecule has 18 heavy (non-hydrogen) atoms. The molecule has 2 aromatic rings. The van der Waals surface area contributed by atoms with Crippen LogP contribution in [0, 0.1) is 5.82 Å². The van der Waals surface area contributed by atoms with Gasteiger partial charge in [-0.05, 0) is 24.1 Å². The molecular formula is C12H14ClFN4. The van der Waals surface area contributed by atoms with Gasteiger partial charge in [-0.2, -0.15) is 0 Å². The fourth-order valence-corrected chi connectivity index (χ4v) is 2.02. The van der Waals surface area contributed by atoms with Crippen molar-refractivity contribution in [1.29, 1.82) is 0 Å². The number of rotatable bonds is 4. The first-order valence-electron chi connectivity index (χ1n) is 5.48. The topological polar surface area (TPSA) is 55.9 Å². The first-order valence-corrected chi connectivity index (χ1v) is 5.86. The largest absolute Gasteiger partial charge is 0.336 e. The van der Waals surface area contributed by atoms with Crippen LogP contribution in [0.5, 0.6) is 0 Å². The first kappa shape index (κ1) is 13.0. The van der Waals surface area contributed by atoms with Gasteiger partial charge in [-0.1, -0.05) is 17.7 Å². The fraction of sp³-hybridized carbons (Fsp3) is 0.250. The van der Waals surface area contributed by atoms with Crippen LogP contribution in [0.15, 0.2) is 30.7 Å². The molecule has 0 bridgehead atoms. The SMILES string of the molecule is Cn1cncc1C(Cc1ccc(Cl)cc1F)NN. The van der Waals surface area contributed by atoms with E-state index in [-0.39, 0.29) is 11.9 Å². The van der Waals surface area contributed by atoms with Gasteiger partial charge in [-0.25, -0.2) is 9.37 Å². The molecule has 1 heterocycles. The summed E-state index contributed by atoms with van der Waals surface area (Å²) in [7, 11) is 1.87. The average molecular weight is 269 g/mol. The number of aromatic nitrogens is 2. The Kier molecular flexibility index (Phi) is 3.96. The number of aryl methyl sites for hydroxylation is 1. The molecule has 1 aromatic carbocycles. The summed E-state index contributed by atoms with van der Waals surface area (Å²) >= 11 is 5.72. The number of benzene rings is 1. The molecule has 0 amide bonds. The van der Waals surface area contributed by atoms with E-state index in [0.29, 0.717) is 17.0 Å².